The van der Waals surface area contributed by atoms with Gasteiger partial charge in [0.25, 0.3) is 11.1 Å². The Kier molecular flexibility index (Phi) is 4.21. The molecule has 0 spiro atoms. The fraction of sp³-hybridized carbons (Fsp3) is 0.0714. The van der Waals surface area contributed by atoms with Gasteiger partial charge in [0.05, 0.1) is 12.0 Å². The van der Waals surface area contributed by atoms with E-state index in [9.17, 15) is 4.79 Å². The number of hydrogen-bond acceptors (Lipinski definition) is 6. The summed E-state index contributed by atoms with van der Waals surface area (Å²) in [4.78, 5) is 12.0. The van der Waals surface area contributed by atoms with E-state index in [1.807, 2.05) is 12.1 Å². The zero-order valence-corrected chi connectivity index (χ0v) is 13.1. The Morgan fingerprint density at radius 1 is 1.19 bits per heavy atom. The van der Waals surface area contributed by atoms with Crippen molar-refractivity contribution in [1.82, 2.24) is 10.2 Å². The molecule has 5 nitrogen and oxygen atoms in total. The van der Waals surface area contributed by atoms with Gasteiger partial charge in [-0.2, -0.15) is 0 Å². The van der Waals surface area contributed by atoms with Crippen LogP contribution in [0.1, 0.15) is 10.4 Å². The summed E-state index contributed by atoms with van der Waals surface area (Å²) in [7, 11) is 0. The third-order valence-corrected chi connectivity index (χ3v) is 3.98. The molecule has 106 valence electrons. The number of halogens is 1. The van der Waals surface area contributed by atoms with Crippen LogP contribution in [0, 0.1) is 0 Å². The molecule has 0 unspecified atom stereocenters. The summed E-state index contributed by atoms with van der Waals surface area (Å²) in [5, 5.41) is 8.09. The average Bonchev–Trinajstić information content (AvgIpc) is 3.16. The molecular weight excluding hydrogens is 356 g/mol. The molecule has 0 N–H and O–H groups in total. The number of aromatic nitrogens is 2. The van der Waals surface area contributed by atoms with E-state index in [1.165, 1.54) is 18.0 Å². The Bertz CT molecular complexity index is 738. The number of ketones is 1. The first kappa shape index (κ1) is 14.1. The van der Waals surface area contributed by atoms with Gasteiger partial charge < -0.3 is 8.83 Å². The van der Waals surface area contributed by atoms with E-state index in [0.29, 0.717) is 22.4 Å². The lowest BCUT2D eigenvalue weighted by molar-refractivity contribution is 0.102. The number of hydrogen-bond donors (Lipinski definition) is 0. The van der Waals surface area contributed by atoms with Crippen LogP contribution in [0.15, 0.2) is 61.2 Å². The summed E-state index contributed by atoms with van der Waals surface area (Å²) in [5.74, 6) is 1.05. The first-order valence-electron chi connectivity index (χ1n) is 6.01. The number of rotatable bonds is 5. The summed E-state index contributed by atoms with van der Waals surface area (Å²) in [6, 6.07) is 10.7. The van der Waals surface area contributed by atoms with Crippen LogP contribution in [0.5, 0.6) is 0 Å². The highest BCUT2D eigenvalue weighted by Gasteiger charge is 2.13. The second-order valence-electron chi connectivity index (χ2n) is 4.07. The van der Waals surface area contributed by atoms with Gasteiger partial charge in [-0.3, -0.25) is 4.79 Å². The maximum Gasteiger partial charge on any atom is 0.284 e. The van der Waals surface area contributed by atoms with E-state index < -0.39 is 0 Å². The van der Waals surface area contributed by atoms with Gasteiger partial charge in [-0.25, -0.2) is 0 Å². The summed E-state index contributed by atoms with van der Waals surface area (Å²) >= 11 is 4.54. The van der Waals surface area contributed by atoms with E-state index in [-0.39, 0.29) is 11.5 Å². The number of Topliss-reactive ketones (excluding diaryl/α,β-unsaturated/α-hetero) is 1. The van der Waals surface area contributed by atoms with Gasteiger partial charge in [0.1, 0.15) is 0 Å². The molecule has 7 heteroatoms. The second-order valence-corrected chi connectivity index (χ2v) is 5.91. The van der Waals surface area contributed by atoms with Gasteiger partial charge in [0.2, 0.25) is 0 Å². The molecule has 0 aliphatic rings. The van der Waals surface area contributed by atoms with Crippen molar-refractivity contribution in [2.45, 2.75) is 5.22 Å². The smallest absolute Gasteiger partial charge is 0.284 e. The number of carbonyl (C=O) groups excluding carboxylic acids is 1. The molecule has 3 aromatic rings. The molecule has 3 rings (SSSR count). The minimum Gasteiger partial charge on any atom is -0.459 e. The number of nitrogens with zero attached hydrogens (tertiary/aromatic N) is 2. The SMILES string of the molecule is O=C(CSc1nnc(-c2ccco2)o1)c1ccc(Br)cc1. The third kappa shape index (κ3) is 3.43. The summed E-state index contributed by atoms with van der Waals surface area (Å²) in [6.45, 7) is 0. The predicted octanol–water partition coefficient (Wildman–Crippen LogP) is 4.07. The first-order chi connectivity index (χ1) is 10.2. The van der Waals surface area contributed by atoms with Crippen molar-refractivity contribution in [3.05, 3.63) is 52.7 Å². The van der Waals surface area contributed by atoms with Crippen LogP contribution in [-0.2, 0) is 0 Å². The summed E-state index contributed by atoms with van der Waals surface area (Å²) in [5.41, 5.74) is 0.650. The Morgan fingerprint density at radius 3 is 2.71 bits per heavy atom. The van der Waals surface area contributed by atoms with Crippen molar-refractivity contribution in [2.24, 2.45) is 0 Å². The fourth-order valence-electron chi connectivity index (χ4n) is 1.61. The summed E-state index contributed by atoms with van der Waals surface area (Å²) < 4.78 is 11.5. The molecule has 0 fully saturated rings. The Labute approximate surface area is 132 Å². The van der Waals surface area contributed by atoms with Crippen molar-refractivity contribution in [1.29, 1.82) is 0 Å². The molecule has 2 heterocycles. The van der Waals surface area contributed by atoms with E-state index in [4.69, 9.17) is 8.83 Å². The average molecular weight is 365 g/mol. The Balaban J connectivity index is 1.62. The Morgan fingerprint density at radius 2 is 2.00 bits per heavy atom. The highest BCUT2D eigenvalue weighted by atomic mass is 79.9. The van der Waals surface area contributed by atoms with E-state index in [1.54, 1.807) is 24.3 Å². The highest BCUT2D eigenvalue weighted by Crippen LogP contribution is 2.24. The predicted molar refractivity (Wildman–Crippen MR) is 81.2 cm³/mol. The molecule has 1 aromatic carbocycles. The van der Waals surface area contributed by atoms with Gasteiger partial charge >= 0.3 is 0 Å². The van der Waals surface area contributed by atoms with Crippen LogP contribution in [0.2, 0.25) is 0 Å². The number of furan rings is 1. The lowest BCUT2D eigenvalue weighted by atomic mass is 10.2. The van der Waals surface area contributed by atoms with Crippen molar-refractivity contribution in [3.63, 3.8) is 0 Å². The molecule has 0 bridgehead atoms. The van der Waals surface area contributed by atoms with Crippen molar-refractivity contribution < 1.29 is 13.6 Å². The van der Waals surface area contributed by atoms with Gasteiger partial charge in [0.15, 0.2) is 11.5 Å². The largest absolute Gasteiger partial charge is 0.459 e. The van der Waals surface area contributed by atoms with Gasteiger partial charge in [0, 0.05) is 10.0 Å². The van der Waals surface area contributed by atoms with E-state index in [2.05, 4.69) is 26.1 Å². The fourth-order valence-corrected chi connectivity index (χ4v) is 2.54. The molecule has 0 saturated carbocycles. The molecular formula is C14H9BrN2O3S. The highest BCUT2D eigenvalue weighted by molar-refractivity contribution is 9.10. The normalized spacial score (nSPS) is 10.7. The zero-order valence-electron chi connectivity index (χ0n) is 10.7. The lowest BCUT2D eigenvalue weighted by Crippen LogP contribution is -2.01. The van der Waals surface area contributed by atoms with Gasteiger partial charge in [-0.05, 0) is 24.3 Å². The molecule has 0 saturated heterocycles. The standard InChI is InChI=1S/C14H9BrN2O3S/c15-10-5-3-9(4-6-10)11(18)8-21-14-17-16-13(20-14)12-2-1-7-19-12/h1-7H,8H2. The van der Waals surface area contributed by atoms with E-state index >= 15 is 0 Å². The van der Waals surface area contributed by atoms with Crippen LogP contribution in [0.25, 0.3) is 11.7 Å². The van der Waals surface area contributed by atoms with Gasteiger partial charge in [-0.15, -0.1) is 10.2 Å². The minimum atomic E-state index is 0.00486. The first-order valence-corrected chi connectivity index (χ1v) is 7.79. The van der Waals surface area contributed by atoms with Crippen molar-refractivity contribution in [2.75, 3.05) is 5.75 Å². The van der Waals surface area contributed by atoms with Gasteiger partial charge in [-0.1, -0.05) is 39.8 Å². The van der Waals surface area contributed by atoms with Crippen LogP contribution < -0.4 is 0 Å². The second kappa shape index (κ2) is 6.28. The van der Waals surface area contributed by atoms with Crippen molar-refractivity contribution >= 4 is 33.5 Å². The zero-order chi connectivity index (χ0) is 14.7. The summed E-state index contributed by atoms with van der Waals surface area (Å²) in [6.07, 6.45) is 1.53. The maximum absolute atomic E-state index is 12.0. The van der Waals surface area contributed by atoms with Crippen LogP contribution in [0.3, 0.4) is 0 Å². The van der Waals surface area contributed by atoms with E-state index in [0.717, 1.165) is 4.47 Å². The van der Waals surface area contributed by atoms with Crippen LogP contribution in [-0.4, -0.2) is 21.7 Å². The Hall–Kier alpha value is -1.86. The monoisotopic (exact) mass is 364 g/mol. The molecule has 0 amide bonds. The molecule has 2 aromatic heterocycles. The maximum atomic E-state index is 12.0. The minimum absolute atomic E-state index is 0.00486. The molecule has 0 aliphatic heterocycles. The lowest BCUT2D eigenvalue weighted by Gasteiger charge is -1.98. The van der Waals surface area contributed by atoms with Crippen LogP contribution >= 0.6 is 27.7 Å². The molecule has 0 aliphatic carbocycles. The molecule has 0 radical (unpaired) electrons. The quantitative estimate of drug-likeness (QED) is 0.502. The number of benzene rings is 1. The topological polar surface area (TPSA) is 69.1 Å². The number of carbonyl (C=O) groups is 1. The van der Waals surface area contributed by atoms with Crippen molar-refractivity contribution in [3.8, 4) is 11.7 Å². The molecule has 21 heavy (non-hydrogen) atoms. The third-order valence-electron chi connectivity index (χ3n) is 2.63. The number of thioether (sulfide) groups is 1. The molecule has 0 atom stereocenters. The van der Waals surface area contributed by atoms with Crippen LogP contribution in [0.4, 0.5) is 0 Å².